The Kier molecular flexibility index (Phi) is 5.27. The van der Waals surface area contributed by atoms with E-state index in [4.69, 9.17) is 9.47 Å². The van der Waals surface area contributed by atoms with Gasteiger partial charge in [0.2, 0.25) is 0 Å². The standard InChI is InChI=1S/C25H25NO2/c1-17-4-7-21(12-18(17)2)22-8-11-25(19(3)13-22)26-14-20-5-9-23(10-6-20)27-15-24-16-28-24/h4-14,24H,15-16H2,1-3H3. The molecule has 0 aliphatic carbocycles. The molecule has 0 N–H and O–H groups in total. The van der Waals surface area contributed by atoms with E-state index >= 15 is 0 Å². The molecule has 0 spiro atoms. The van der Waals surface area contributed by atoms with Crippen LogP contribution in [0.15, 0.2) is 65.7 Å². The summed E-state index contributed by atoms with van der Waals surface area (Å²) in [6.45, 7) is 7.84. The normalized spacial score (nSPS) is 15.8. The number of benzene rings is 3. The van der Waals surface area contributed by atoms with Crippen molar-refractivity contribution in [2.45, 2.75) is 26.9 Å². The zero-order chi connectivity index (χ0) is 19.5. The van der Waals surface area contributed by atoms with Crippen LogP contribution in [0, 0.1) is 20.8 Å². The number of aliphatic imine (C=N–C) groups is 1. The molecule has 28 heavy (non-hydrogen) atoms. The Labute approximate surface area is 166 Å². The van der Waals surface area contributed by atoms with Crippen LogP contribution in [0.25, 0.3) is 11.1 Å². The molecule has 0 amide bonds. The first-order valence-corrected chi connectivity index (χ1v) is 9.65. The van der Waals surface area contributed by atoms with Gasteiger partial charge in [-0.25, -0.2) is 0 Å². The maximum Gasteiger partial charge on any atom is 0.119 e. The fraction of sp³-hybridized carbons (Fsp3) is 0.240. The summed E-state index contributed by atoms with van der Waals surface area (Å²) < 4.78 is 10.8. The van der Waals surface area contributed by atoms with Crippen molar-refractivity contribution in [2.75, 3.05) is 13.2 Å². The lowest BCUT2D eigenvalue weighted by Gasteiger charge is -2.08. The summed E-state index contributed by atoms with van der Waals surface area (Å²) in [6.07, 6.45) is 2.17. The van der Waals surface area contributed by atoms with Crippen molar-refractivity contribution in [3.05, 3.63) is 82.9 Å². The maximum atomic E-state index is 5.67. The van der Waals surface area contributed by atoms with Crippen molar-refractivity contribution < 1.29 is 9.47 Å². The highest BCUT2D eigenvalue weighted by Crippen LogP contribution is 2.28. The second kappa shape index (κ2) is 7.99. The van der Waals surface area contributed by atoms with Crippen LogP contribution in [0.4, 0.5) is 5.69 Å². The van der Waals surface area contributed by atoms with Gasteiger partial charge in [0.1, 0.15) is 18.5 Å². The third-order valence-corrected chi connectivity index (χ3v) is 5.11. The van der Waals surface area contributed by atoms with Crippen LogP contribution in [-0.4, -0.2) is 25.5 Å². The summed E-state index contributed by atoms with van der Waals surface area (Å²) in [7, 11) is 0. The Morgan fingerprint density at radius 1 is 0.893 bits per heavy atom. The molecule has 3 nitrogen and oxygen atoms in total. The number of epoxide rings is 1. The molecule has 0 radical (unpaired) electrons. The van der Waals surface area contributed by atoms with Gasteiger partial charge in [-0.05, 0) is 90.6 Å². The van der Waals surface area contributed by atoms with Crippen LogP contribution in [0.5, 0.6) is 5.75 Å². The van der Waals surface area contributed by atoms with Gasteiger partial charge in [-0.15, -0.1) is 0 Å². The molecule has 1 aliphatic heterocycles. The molecule has 3 heteroatoms. The topological polar surface area (TPSA) is 34.1 Å². The zero-order valence-electron chi connectivity index (χ0n) is 16.6. The summed E-state index contributed by atoms with van der Waals surface area (Å²) >= 11 is 0. The van der Waals surface area contributed by atoms with Crippen LogP contribution in [0.1, 0.15) is 22.3 Å². The van der Waals surface area contributed by atoms with Gasteiger partial charge in [0.25, 0.3) is 0 Å². The fourth-order valence-electron chi connectivity index (χ4n) is 3.05. The second-order valence-corrected chi connectivity index (χ2v) is 7.39. The van der Waals surface area contributed by atoms with Crippen molar-refractivity contribution in [1.29, 1.82) is 0 Å². The highest BCUT2D eigenvalue weighted by Gasteiger charge is 2.22. The molecule has 1 atom stereocenters. The molecule has 0 aromatic heterocycles. The largest absolute Gasteiger partial charge is 0.491 e. The average Bonchev–Trinajstić information content (AvgIpc) is 3.53. The Morgan fingerprint density at radius 3 is 2.21 bits per heavy atom. The van der Waals surface area contributed by atoms with E-state index in [2.05, 4.69) is 62.2 Å². The van der Waals surface area contributed by atoms with E-state index in [1.54, 1.807) is 0 Å². The van der Waals surface area contributed by atoms with Crippen LogP contribution >= 0.6 is 0 Å². The molecule has 1 unspecified atom stereocenters. The fourth-order valence-corrected chi connectivity index (χ4v) is 3.05. The molecule has 1 aliphatic rings. The van der Waals surface area contributed by atoms with Gasteiger partial charge < -0.3 is 9.47 Å². The van der Waals surface area contributed by atoms with Crippen molar-refractivity contribution in [2.24, 2.45) is 4.99 Å². The van der Waals surface area contributed by atoms with Gasteiger partial charge in [-0.3, -0.25) is 4.99 Å². The summed E-state index contributed by atoms with van der Waals surface area (Å²) in [6, 6.07) is 21.0. The number of aryl methyl sites for hydroxylation is 3. The van der Waals surface area contributed by atoms with Crippen LogP contribution in [0.3, 0.4) is 0 Å². The lowest BCUT2D eigenvalue weighted by molar-refractivity contribution is 0.263. The molecule has 0 bridgehead atoms. The van der Waals surface area contributed by atoms with Gasteiger partial charge in [-0.2, -0.15) is 0 Å². The van der Waals surface area contributed by atoms with Crippen LogP contribution in [-0.2, 0) is 4.74 Å². The number of hydrogen-bond acceptors (Lipinski definition) is 3. The summed E-state index contributed by atoms with van der Waals surface area (Å²) in [5.41, 5.74) is 8.30. The van der Waals surface area contributed by atoms with E-state index < -0.39 is 0 Å². The SMILES string of the molecule is Cc1ccc(-c2ccc(N=Cc3ccc(OCC4CO4)cc3)c(C)c2)cc1C. The van der Waals surface area contributed by atoms with Crippen molar-refractivity contribution in [3.63, 3.8) is 0 Å². The van der Waals surface area contributed by atoms with Gasteiger partial charge in [0.15, 0.2) is 0 Å². The first-order chi connectivity index (χ1) is 13.6. The van der Waals surface area contributed by atoms with Crippen molar-refractivity contribution in [1.82, 2.24) is 0 Å². The third-order valence-electron chi connectivity index (χ3n) is 5.11. The first kappa shape index (κ1) is 18.5. The Bertz CT molecular complexity index is 1000. The molecule has 3 aromatic carbocycles. The maximum absolute atomic E-state index is 5.67. The molecule has 1 saturated heterocycles. The average molecular weight is 371 g/mol. The monoisotopic (exact) mass is 371 g/mol. The third kappa shape index (κ3) is 4.49. The highest BCUT2D eigenvalue weighted by atomic mass is 16.6. The van der Waals surface area contributed by atoms with E-state index in [9.17, 15) is 0 Å². The molecule has 4 rings (SSSR count). The Morgan fingerprint density at radius 2 is 1.57 bits per heavy atom. The smallest absolute Gasteiger partial charge is 0.119 e. The molecular weight excluding hydrogens is 346 g/mol. The predicted octanol–water partition coefficient (Wildman–Crippen LogP) is 5.81. The molecule has 3 aromatic rings. The lowest BCUT2D eigenvalue weighted by atomic mass is 9.99. The molecule has 142 valence electrons. The summed E-state index contributed by atoms with van der Waals surface area (Å²) in [5.74, 6) is 0.863. The number of ether oxygens (including phenoxy) is 2. The molecule has 0 saturated carbocycles. The molecule has 1 fully saturated rings. The lowest BCUT2D eigenvalue weighted by Crippen LogP contribution is -2.03. The minimum absolute atomic E-state index is 0.274. The predicted molar refractivity (Wildman–Crippen MR) is 115 cm³/mol. The number of hydrogen-bond donors (Lipinski definition) is 0. The van der Waals surface area contributed by atoms with Crippen LogP contribution < -0.4 is 4.74 Å². The highest BCUT2D eigenvalue weighted by molar-refractivity contribution is 5.83. The minimum Gasteiger partial charge on any atom is -0.491 e. The van der Waals surface area contributed by atoms with Gasteiger partial charge >= 0.3 is 0 Å². The number of nitrogens with zero attached hydrogens (tertiary/aromatic N) is 1. The Hall–Kier alpha value is -2.91. The van der Waals surface area contributed by atoms with E-state index in [0.29, 0.717) is 6.61 Å². The summed E-state index contributed by atoms with van der Waals surface area (Å²) in [5, 5.41) is 0. The number of rotatable bonds is 6. The van der Waals surface area contributed by atoms with Crippen molar-refractivity contribution >= 4 is 11.9 Å². The van der Waals surface area contributed by atoms with Crippen LogP contribution in [0.2, 0.25) is 0 Å². The zero-order valence-corrected chi connectivity index (χ0v) is 16.6. The first-order valence-electron chi connectivity index (χ1n) is 9.65. The summed E-state index contributed by atoms with van der Waals surface area (Å²) in [4.78, 5) is 4.67. The van der Waals surface area contributed by atoms with Gasteiger partial charge in [-0.1, -0.05) is 24.3 Å². The van der Waals surface area contributed by atoms with Crippen molar-refractivity contribution in [3.8, 4) is 16.9 Å². The molecule has 1 heterocycles. The molecular formula is C25H25NO2. The quantitative estimate of drug-likeness (QED) is 0.405. The van der Waals surface area contributed by atoms with E-state index in [0.717, 1.165) is 29.2 Å². The van der Waals surface area contributed by atoms with Gasteiger partial charge in [0.05, 0.1) is 12.3 Å². The van der Waals surface area contributed by atoms with Gasteiger partial charge in [0, 0.05) is 6.21 Å². The van der Waals surface area contributed by atoms with E-state index in [1.807, 2.05) is 30.5 Å². The van der Waals surface area contributed by atoms with E-state index in [1.165, 1.54) is 22.3 Å². The second-order valence-electron chi connectivity index (χ2n) is 7.39. The Balaban J connectivity index is 1.45. The minimum atomic E-state index is 0.274. The van der Waals surface area contributed by atoms with E-state index in [-0.39, 0.29) is 6.10 Å².